The number of nitrogens with zero attached hydrogens (tertiary/aromatic N) is 2. The Labute approximate surface area is 238 Å². The predicted molar refractivity (Wildman–Crippen MR) is 155 cm³/mol. The van der Waals surface area contributed by atoms with Gasteiger partial charge in [0.2, 0.25) is 0 Å². The van der Waals surface area contributed by atoms with Crippen molar-refractivity contribution in [3.05, 3.63) is 95.2 Å². The highest BCUT2D eigenvalue weighted by Gasteiger charge is 2.21. The smallest absolute Gasteiger partial charge is 0.336 e. The van der Waals surface area contributed by atoms with Crippen LogP contribution in [0.15, 0.2) is 72.8 Å². The fourth-order valence-corrected chi connectivity index (χ4v) is 5.29. The van der Waals surface area contributed by atoms with Crippen LogP contribution in [-0.4, -0.2) is 76.0 Å². The van der Waals surface area contributed by atoms with Crippen molar-refractivity contribution < 1.29 is 29.6 Å². The summed E-state index contributed by atoms with van der Waals surface area (Å²) in [5.41, 5.74) is 4.20. The van der Waals surface area contributed by atoms with Gasteiger partial charge in [-0.2, -0.15) is 0 Å². The van der Waals surface area contributed by atoms with E-state index in [1.54, 1.807) is 36.4 Å². The average molecular weight is 556 g/mol. The third kappa shape index (κ3) is 6.89. The van der Waals surface area contributed by atoms with E-state index in [1.807, 2.05) is 24.3 Å². The van der Waals surface area contributed by atoms with Gasteiger partial charge in [-0.1, -0.05) is 36.4 Å². The minimum atomic E-state index is -1.15. The Bertz CT molecular complexity index is 1560. The average Bonchev–Trinajstić information content (AvgIpc) is 3.37. The number of phenols is 1. The molecule has 1 aliphatic heterocycles. The van der Waals surface area contributed by atoms with Crippen molar-refractivity contribution in [3.63, 3.8) is 0 Å². The van der Waals surface area contributed by atoms with Crippen molar-refractivity contribution in [3.8, 4) is 16.9 Å². The van der Waals surface area contributed by atoms with E-state index in [1.165, 1.54) is 13.2 Å². The second kappa shape index (κ2) is 12.5. The summed E-state index contributed by atoms with van der Waals surface area (Å²) in [5.74, 6) is -1.50. The number of aromatic hydroxyl groups is 1. The van der Waals surface area contributed by atoms with Crippen LogP contribution in [0.25, 0.3) is 22.0 Å². The van der Waals surface area contributed by atoms with Crippen LogP contribution >= 0.6 is 0 Å². The predicted octanol–water partition coefficient (Wildman–Crippen LogP) is 3.86. The highest BCUT2D eigenvalue weighted by atomic mass is 16.5. The molecule has 1 aromatic heterocycles. The first kappa shape index (κ1) is 28.2. The number of benzene rings is 3. The first-order valence-electron chi connectivity index (χ1n) is 13.5. The summed E-state index contributed by atoms with van der Waals surface area (Å²) in [7, 11) is 1.54. The number of nitrogens with one attached hydrogen (secondary N) is 1. The molecule has 9 heteroatoms. The molecule has 4 aromatic rings. The minimum Gasteiger partial charge on any atom is -0.508 e. The second-order valence-corrected chi connectivity index (χ2v) is 10.5. The van der Waals surface area contributed by atoms with Gasteiger partial charge in [-0.15, -0.1) is 0 Å². The number of fused-ring (bicyclic) bond motifs is 1. The van der Waals surface area contributed by atoms with Crippen molar-refractivity contribution in [1.29, 1.82) is 0 Å². The number of aromatic nitrogens is 1. The van der Waals surface area contributed by atoms with Crippen LogP contribution in [0.2, 0.25) is 0 Å². The topological polar surface area (TPSA) is 132 Å². The quantitative estimate of drug-likeness (QED) is 0.232. The Morgan fingerprint density at radius 2 is 1.83 bits per heavy atom. The molecule has 4 N–H and O–H groups in total. The van der Waals surface area contributed by atoms with Gasteiger partial charge in [-0.05, 0) is 71.5 Å². The number of methoxy groups -OCH3 is 1. The SMILES string of the molecule is COC[C@H](Cc1ccc(O)cc1)NC(=O)c1cc(C(=O)O)c2cc(-c3cccc(CN4CC[C@@H](O)C4)c3)ccc2n1. The van der Waals surface area contributed by atoms with Gasteiger partial charge in [0.1, 0.15) is 11.4 Å². The number of aliphatic hydroxyl groups excluding tert-OH is 1. The molecule has 1 fully saturated rings. The first-order valence-corrected chi connectivity index (χ1v) is 13.5. The number of hydrogen-bond acceptors (Lipinski definition) is 7. The molecule has 2 atom stereocenters. The molecule has 0 spiro atoms. The molecule has 9 nitrogen and oxygen atoms in total. The number of phenolic OH excluding ortho intramolecular Hbond substituents is 1. The molecule has 3 aromatic carbocycles. The van der Waals surface area contributed by atoms with Crippen LogP contribution in [0, 0.1) is 0 Å². The number of β-amino-alcohol motifs (C(OH)–C–C–N with tert-alkyl or cyclic N) is 1. The molecular formula is C32H33N3O6. The van der Waals surface area contributed by atoms with Crippen LogP contribution in [0.5, 0.6) is 5.75 Å². The van der Waals surface area contributed by atoms with E-state index in [9.17, 15) is 24.9 Å². The number of carbonyl (C=O) groups excluding carboxylic acids is 1. The number of amides is 1. The molecule has 1 amide bonds. The zero-order valence-corrected chi connectivity index (χ0v) is 22.8. The highest BCUT2D eigenvalue weighted by molar-refractivity contribution is 6.06. The monoisotopic (exact) mass is 555 g/mol. The van der Waals surface area contributed by atoms with Crippen LogP contribution in [0.1, 0.15) is 38.4 Å². The second-order valence-electron chi connectivity index (χ2n) is 10.5. The van der Waals surface area contributed by atoms with Gasteiger partial charge in [0.25, 0.3) is 5.91 Å². The van der Waals surface area contributed by atoms with Crippen molar-refractivity contribution in [1.82, 2.24) is 15.2 Å². The van der Waals surface area contributed by atoms with E-state index in [2.05, 4.69) is 21.3 Å². The van der Waals surface area contributed by atoms with Gasteiger partial charge < -0.3 is 25.4 Å². The van der Waals surface area contributed by atoms with E-state index in [0.29, 0.717) is 23.9 Å². The molecule has 2 heterocycles. The maximum Gasteiger partial charge on any atom is 0.336 e. The number of carbonyl (C=O) groups is 2. The molecule has 0 bridgehead atoms. The molecule has 0 radical (unpaired) electrons. The Morgan fingerprint density at radius 3 is 2.54 bits per heavy atom. The molecule has 0 saturated carbocycles. The van der Waals surface area contributed by atoms with Crippen LogP contribution < -0.4 is 5.32 Å². The molecule has 212 valence electrons. The Kier molecular flexibility index (Phi) is 8.58. The Hall–Kier alpha value is -4.31. The van der Waals surface area contributed by atoms with Gasteiger partial charge in [0, 0.05) is 32.1 Å². The number of carboxylic acids is 1. The van der Waals surface area contributed by atoms with Gasteiger partial charge in [-0.3, -0.25) is 9.69 Å². The van der Waals surface area contributed by atoms with Crippen LogP contribution in [0.3, 0.4) is 0 Å². The van der Waals surface area contributed by atoms with E-state index in [0.717, 1.165) is 41.8 Å². The van der Waals surface area contributed by atoms with Gasteiger partial charge in [-0.25, -0.2) is 9.78 Å². The number of aliphatic hydroxyl groups is 1. The summed E-state index contributed by atoms with van der Waals surface area (Å²) >= 11 is 0. The molecule has 1 saturated heterocycles. The summed E-state index contributed by atoms with van der Waals surface area (Å²) in [6.45, 7) is 2.49. The molecule has 1 aliphatic rings. The van der Waals surface area contributed by atoms with E-state index in [4.69, 9.17) is 4.74 Å². The number of carboxylic acid groups (broad SMARTS) is 1. The molecule has 5 rings (SSSR count). The lowest BCUT2D eigenvalue weighted by atomic mass is 9.98. The molecule has 0 aliphatic carbocycles. The Morgan fingerprint density at radius 1 is 1.05 bits per heavy atom. The zero-order valence-electron chi connectivity index (χ0n) is 22.8. The van der Waals surface area contributed by atoms with Gasteiger partial charge >= 0.3 is 5.97 Å². The maximum atomic E-state index is 13.2. The van der Waals surface area contributed by atoms with Gasteiger partial charge in [0.05, 0.1) is 29.8 Å². The van der Waals surface area contributed by atoms with Crippen molar-refractivity contribution >= 4 is 22.8 Å². The fourth-order valence-electron chi connectivity index (χ4n) is 5.29. The highest BCUT2D eigenvalue weighted by Crippen LogP contribution is 2.28. The third-order valence-electron chi connectivity index (χ3n) is 7.31. The summed E-state index contributed by atoms with van der Waals surface area (Å²) in [6.07, 6.45) is 0.957. The molecular weight excluding hydrogens is 522 g/mol. The molecule has 0 unspecified atom stereocenters. The maximum absolute atomic E-state index is 13.2. The number of ether oxygens (including phenoxy) is 1. The summed E-state index contributed by atoms with van der Waals surface area (Å²) in [4.78, 5) is 32.2. The Balaban J connectivity index is 1.39. The van der Waals surface area contributed by atoms with E-state index < -0.39 is 11.9 Å². The summed E-state index contributed by atoms with van der Waals surface area (Å²) in [6, 6.07) is 21.1. The zero-order chi connectivity index (χ0) is 28.9. The number of likely N-dealkylation sites (tertiary alicyclic amines) is 1. The lowest BCUT2D eigenvalue weighted by molar-refractivity contribution is 0.0699. The first-order chi connectivity index (χ1) is 19.8. The van der Waals surface area contributed by atoms with E-state index >= 15 is 0 Å². The van der Waals surface area contributed by atoms with Crippen molar-refractivity contribution in [2.45, 2.75) is 31.5 Å². The van der Waals surface area contributed by atoms with Crippen LogP contribution in [0.4, 0.5) is 0 Å². The number of aromatic carboxylic acids is 1. The summed E-state index contributed by atoms with van der Waals surface area (Å²) in [5, 5.41) is 32.8. The lowest BCUT2D eigenvalue weighted by Gasteiger charge is -2.18. The number of hydrogen-bond donors (Lipinski definition) is 4. The standard InChI is InChI=1S/C32H33N3O6/c1-41-19-24(14-20-5-8-25(36)9-6-20)33-31(38)30-16-28(32(39)40)27-15-23(7-10-29(27)34-30)22-4-2-3-21(13-22)17-35-12-11-26(37)18-35/h2-10,13,15-16,24,26,36-37H,11-12,14,17-19H2,1H3,(H,33,38)(H,39,40)/t24-,26+/m0/s1. The lowest BCUT2D eigenvalue weighted by Crippen LogP contribution is -2.40. The third-order valence-corrected chi connectivity index (χ3v) is 7.31. The summed E-state index contributed by atoms with van der Waals surface area (Å²) < 4.78 is 5.28. The normalized spacial score (nSPS) is 16.1. The number of rotatable bonds is 10. The largest absolute Gasteiger partial charge is 0.508 e. The van der Waals surface area contributed by atoms with Gasteiger partial charge in [0.15, 0.2) is 0 Å². The van der Waals surface area contributed by atoms with E-state index in [-0.39, 0.29) is 35.8 Å². The fraction of sp³-hybridized carbons (Fsp3) is 0.281. The van der Waals surface area contributed by atoms with Crippen molar-refractivity contribution in [2.24, 2.45) is 0 Å². The van der Waals surface area contributed by atoms with Crippen molar-refractivity contribution in [2.75, 3.05) is 26.8 Å². The number of pyridine rings is 1. The minimum absolute atomic E-state index is 0.00394. The molecule has 41 heavy (non-hydrogen) atoms. The van der Waals surface area contributed by atoms with Crippen LogP contribution in [-0.2, 0) is 17.7 Å².